The monoisotopic (exact) mass is 387 g/mol. The molecule has 2 aromatic carbocycles. The number of furan rings is 1. The largest absolute Gasteiger partial charge is 0.465 e. The van der Waals surface area contributed by atoms with E-state index in [1.807, 2.05) is 0 Å². The number of rotatable bonds is 4. The van der Waals surface area contributed by atoms with Gasteiger partial charge in [-0.1, -0.05) is 11.6 Å². The fraction of sp³-hybridized carbons (Fsp3) is 0.105. The molecule has 0 aliphatic carbocycles. The van der Waals surface area contributed by atoms with Crippen molar-refractivity contribution in [3.05, 3.63) is 64.4 Å². The molecular weight excluding hydrogens is 374 g/mol. The standard InChI is InChI=1S/C19H14ClNO6/c1-25-18(23)10-3-5-13(19(24)26-2)14(8-10)21-17(22)16-9-11-7-12(20)4-6-15(11)27-16/h3-9H,1-2H3,(H,21,22). The first-order valence-corrected chi connectivity index (χ1v) is 8.12. The molecule has 1 heterocycles. The molecule has 27 heavy (non-hydrogen) atoms. The van der Waals surface area contributed by atoms with Crippen LogP contribution in [0.1, 0.15) is 31.3 Å². The van der Waals surface area contributed by atoms with Crippen molar-refractivity contribution in [3.8, 4) is 0 Å². The molecule has 0 fully saturated rings. The zero-order valence-electron chi connectivity index (χ0n) is 14.4. The zero-order chi connectivity index (χ0) is 19.6. The summed E-state index contributed by atoms with van der Waals surface area (Å²) in [5, 5.41) is 3.73. The molecule has 0 unspecified atom stereocenters. The third kappa shape index (κ3) is 3.78. The number of amides is 1. The highest BCUT2D eigenvalue weighted by molar-refractivity contribution is 6.31. The second-order valence-corrected chi connectivity index (χ2v) is 5.93. The van der Waals surface area contributed by atoms with Crippen molar-refractivity contribution < 1.29 is 28.3 Å². The lowest BCUT2D eigenvalue weighted by Crippen LogP contribution is -2.16. The van der Waals surface area contributed by atoms with E-state index in [0.29, 0.717) is 16.0 Å². The maximum Gasteiger partial charge on any atom is 0.339 e. The van der Waals surface area contributed by atoms with Crippen LogP contribution in [0.2, 0.25) is 5.02 Å². The zero-order valence-corrected chi connectivity index (χ0v) is 15.1. The maximum atomic E-state index is 12.6. The normalized spacial score (nSPS) is 10.5. The van der Waals surface area contributed by atoms with Crippen molar-refractivity contribution in [3.63, 3.8) is 0 Å². The summed E-state index contributed by atoms with van der Waals surface area (Å²) in [4.78, 5) is 36.3. The van der Waals surface area contributed by atoms with E-state index in [4.69, 9.17) is 20.8 Å². The molecular formula is C19H14ClNO6. The van der Waals surface area contributed by atoms with Crippen LogP contribution in [0.15, 0.2) is 46.9 Å². The number of carbonyl (C=O) groups excluding carboxylic acids is 3. The Labute approximate surface area is 158 Å². The number of esters is 2. The highest BCUT2D eigenvalue weighted by Gasteiger charge is 2.19. The van der Waals surface area contributed by atoms with Crippen molar-refractivity contribution in [2.45, 2.75) is 0 Å². The van der Waals surface area contributed by atoms with Gasteiger partial charge < -0.3 is 19.2 Å². The summed E-state index contributed by atoms with van der Waals surface area (Å²) >= 11 is 5.93. The van der Waals surface area contributed by atoms with Gasteiger partial charge in [0, 0.05) is 10.4 Å². The molecule has 0 saturated heterocycles. The highest BCUT2D eigenvalue weighted by atomic mass is 35.5. The number of hydrogen-bond acceptors (Lipinski definition) is 6. The molecule has 0 atom stereocenters. The molecule has 8 heteroatoms. The van der Waals surface area contributed by atoms with Crippen LogP contribution in [0.4, 0.5) is 5.69 Å². The first kappa shape index (κ1) is 18.5. The van der Waals surface area contributed by atoms with Crippen molar-refractivity contribution in [2.24, 2.45) is 0 Å². The molecule has 7 nitrogen and oxygen atoms in total. The SMILES string of the molecule is COC(=O)c1ccc(C(=O)OC)c(NC(=O)c2cc3cc(Cl)ccc3o2)c1. The first-order chi connectivity index (χ1) is 12.9. The third-order valence-corrected chi connectivity index (χ3v) is 4.03. The van der Waals surface area contributed by atoms with Gasteiger partial charge in [0.05, 0.1) is 31.0 Å². The summed E-state index contributed by atoms with van der Waals surface area (Å²) in [6.07, 6.45) is 0. The van der Waals surface area contributed by atoms with Gasteiger partial charge >= 0.3 is 11.9 Å². The average molecular weight is 388 g/mol. The van der Waals surface area contributed by atoms with Gasteiger partial charge in [0.25, 0.3) is 5.91 Å². The molecule has 1 amide bonds. The van der Waals surface area contributed by atoms with Gasteiger partial charge in [-0.15, -0.1) is 0 Å². The predicted molar refractivity (Wildman–Crippen MR) is 98.3 cm³/mol. The minimum Gasteiger partial charge on any atom is -0.465 e. The van der Waals surface area contributed by atoms with Crippen molar-refractivity contribution in [1.82, 2.24) is 0 Å². The summed E-state index contributed by atoms with van der Waals surface area (Å²) in [7, 11) is 2.44. The van der Waals surface area contributed by atoms with Gasteiger partial charge in [0.15, 0.2) is 5.76 Å². The molecule has 0 aliphatic rings. The molecule has 3 aromatic rings. The smallest absolute Gasteiger partial charge is 0.339 e. The summed E-state index contributed by atoms with van der Waals surface area (Å²) in [6.45, 7) is 0. The van der Waals surface area contributed by atoms with Crippen LogP contribution < -0.4 is 5.32 Å². The van der Waals surface area contributed by atoms with Gasteiger partial charge in [-0.25, -0.2) is 9.59 Å². The Morgan fingerprint density at radius 1 is 0.963 bits per heavy atom. The van der Waals surface area contributed by atoms with Crippen molar-refractivity contribution in [2.75, 3.05) is 19.5 Å². The fourth-order valence-electron chi connectivity index (χ4n) is 2.49. The molecule has 1 N–H and O–H groups in total. The predicted octanol–water partition coefficient (Wildman–Crippen LogP) is 3.91. The van der Waals surface area contributed by atoms with Crippen LogP contribution in [-0.4, -0.2) is 32.1 Å². The van der Waals surface area contributed by atoms with Crippen LogP contribution in [0.3, 0.4) is 0 Å². The number of fused-ring (bicyclic) bond motifs is 1. The number of benzene rings is 2. The Balaban J connectivity index is 1.97. The van der Waals surface area contributed by atoms with E-state index >= 15 is 0 Å². The first-order valence-electron chi connectivity index (χ1n) is 7.74. The number of anilines is 1. The quantitative estimate of drug-likeness (QED) is 0.682. The lowest BCUT2D eigenvalue weighted by molar-refractivity contribution is 0.0587. The third-order valence-electron chi connectivity index (χ3n) is 3.80. The minimum atomic E-state index is -0.668. The molecule has 0 spiro atoms. The molecule has 1 aromatic heterocycles. The van der Waals surface area contributed by atoms with E-state index in [1.165, 1.54) is 38.5 Å². The maximum absolute atomic E-state index is 12.6. The van der Waals surface area contributed by atoms with Gasteiger partial charge in [-0.3, -0.25) is 4.79 Å². The topological polar surface area (TPSA) is 94.8 Å². The molecule has 0 aliphatic heterocycles. The van der Waals surface area contributed by atoms with E-state index in [0.717, 1.165) is 0 Å². The van der Waals surface area contributed by atoms with Crippen LogP contribution in [0.25, 0.3) is 11.0 Å². The second-order valence-electron chi connectivity index (χ2n) is 5.49. The Hall–Kier alpha value is -3.32. The van der Waals surface area contributed by atoms with Crippen molar-refractivity contribution >= 4 is 46.1 Å². The van der Waals surface area contributed by atoms with E-state index in [1.54, 1.807) is 18.2 Å². The van der Waals surface area contributed by atoms with E-state index < -0.39 is 17.8 Å². The van der Waals surface area contributed by atoms with Gasteiger partial charge in [-0.05, 0) is 42.5 Å². The molecule has 3 rings (SSSR count). The Morgan fingerprint density at radius 2 is 1.70 bits per heavy atom. The molecule has 138 valence electrons. The number of methoxy groups -OCH3 is 2. The Kier molecular flexibility index (Phi) is 5.14. The molecule has 0 saturated carbocycles. The van der Waals surface area contributed by atoms with Gasteiger partial charge in [-0.2, -0.15) is 0 Å². The van der Waals surface area contributed by atoms with Crippen molar-refractivity contribution in [1.29, 1.82) is 0 Å². The Morgan fingerprint density at radius 3 is 2.41 bits per heavy atom. The van der Waals surface area contributed by atoms with E-state index in [9.17, 15) is 14.4 Å². The number of ether oxygens (including phenoxy) is 2. The van der Waals surface area contributed by atoms with Crippen LogP contribution in [-0.2, 0) is 9.47 Å². The van der Waals surface area contributed by atoms with Gasteiger partial charge in [0.1, 0.15) is 5.58 Å². The lowest BCUT2D eigenvalue weighted by Gasteiger charge is -2.10. The lowest BCUT2D eigenvalue weighted by atomic mass is 10.1. The summed E-state index contributed by atoms with van der Waals surface area (Å²) in [6, 6.07) is 10.6. The van der Waals surface area contributed by atoms with E-state index in [-0.39, 0.29) is 22.6 Å². The van der Waals surface area contributed by atoms with Crippen LogP contribution in [0.5, 0.6) is 0 Å². The van der Waals surface area contributed by atoms with Crippen LogP contribution >= 0.6 is 11.6 Å². The average Bonchev–Trinajstić information content (AvgIpc) is 3.10. The number of nitrogens with one attached hydrogen (secondary N) is 1. The summed E-state index contributed by atoms with van der Waals surface area (Å²) < 4.78 is 14.9. The number of halogens is 1. The molecule has 0 bridgehead atoms. The van der Waals surface area contributed by atoms with Crippen LogP contribution in [0, 0.1) is 0 Å². The molecule has 0 radical (unpaired) electrons. The number of carbonyl (C=O) groups is 3. The minimum absolute atomic E-state index is 0.0200. The second kappa shape index (κ2) is 7.51. The Bertz CT molecular complexity index is 1060. The highest BCUT2D eigenvalue weighted by Crippen LogP contribution is 2.25. The number of hydrogen-bond donors (Lipinski definition) is 1. The summed E-state index contributed by atoms with van der Waals surface area (Å²) in [5.41, 5.74) is 0.823. The fourth-order valence-corrected chi connectivity index (χ4v) is 2.67. The van der Waals surface area contributed by atoms with E-state index in [2.05, 4.69) is 10.1 Å². The summed E-state index contributed by atoms with van der Waals surface area (Å²) in [5.74, 6) is -1.86. The van der Waals surface area contributed by atoms with Gasteiger partial charge in [0.2, 0.25) is 0 Å².